The highest BCUT2D eigenvalue weighted by atomic mass is 79.9. The molecule has 11 heteroatoms. The highest BCUT2D eigenvalue weighted by Gasteiger charge is 2.24. The molecule has 0 fully saturated rings. The Hall–Kier alpha value is -2.82. The number of carbonyl (C=O) groups excluding carboxylic acids is 1. The lowest BCUT2D eigenvalue weighted by Crippen LogP contribution is -2.13. The van der Waals surface area contributed by atoms with E-state index in [0.717, 1.165) is 12.1 Å². The van der Waals surface area contributed by atoms with E-state index in [1.807, 2.05) is 0 Å². The minimum absolute atomic E-state index is 0.0597. The quantitative estimate of drug-likeness (QED) is 0.625. The van der Waals surface area contributed by atoms with Gasteiger partial charge in [-0.3, -0.25) is 30.1 Å². The second kappa shape index (κ2) is 5.89. The number of H-pyrrole nitrogens is 1. The first kappa shape index (κ1) is 15.6. The molecular formula is C11H8BrN5O5. The fraction of sp³-hybridized carbons (Fsp3) is 0.0909. The van der Waals surface area contributed by atoms with E-state index in [-0.39, 0.29) is 16.9 Å². The molecule has 0 saturated heterocycles. The molecule has 1 aromatic heterocycles. The van der Waals surface area contributed by atoms with Gasteiger partial charge < -0.3 is 5.32 Å². The van der Waals surface area contributed by atoms with Gasteiger partial charge >= 0.3 is 0 Å². The maximum Gasteiger partial charge on any atom is 0.281 e. The monoisotopic (exact) mass is 369 g/mol. The van der Waals surface area contributed by atoms with E-state index in [2.05, 4.69) is 31.4 Å². The molecule has 0 unspecified atom stereocenters. The summed E-state index contributed by atoms with van der Waals surface area (Å²) >= 11 is 3.10. The average Bonchev–Trinajstić information content (AvgIpc) is 2.86. The van der Waals surface area contributed by atoms with Crippen molar-refractivity contribution in [1.82, 2.24) is 10.2 Å². The standard InChI is InChI=1S/C11H8BrN5O5/c1-5-8(16(19)20)2-6(3-9(5)17(21)22)14-11(18)10-7(12)4-13-15-10/h2-4H,1H3,(H,13,15)(H,14,18). The largest absolute Gasteiger partial charge is 0.320 e. The first-order valence-electron chi connectivity index (χ1n) is 5.75. The smallest absolute Gasteiger partial charge is 0.281 e. The van der Waals surface area contributed by atoms with E-state index in [0.29, 0.717) is 4.47 Å². The van der Waals surface area contributed by atoms with Crippen LogP contribution >= 0.6 is 15.9 Å². The zero-order chi connectivity index (χ0) is 16.4. The highest BCUT2D eigenvalue weighted by molar-refractivity contribution is 9.10. The van der Waals surface area contributed by atoms with Gasteiger partial charge in [0, 0.05) is 12.1 Å². The van der Waals surface area contributed by atoms with E-state index >= 15 is 0 Å². The third kappa shape index (κ3) is 2.93. The topological polar surface area (TPSA) is 144 Å². The van der Waals surface area contributed by atoms with Gasteiger partial charge in [0.25, 0.3) is 17.3 Å². The maximum absolute atomic E-state index is 12.0. The third-order valence-corrected chi connectivity index (χ3v) is 3.43. The molecule has 114 valence electrons. The lowest BCUT2D eigenvalue weighted by atomic mass is 10.1. The fourth-order valence-corrected chi connectivity index (χ4v) is 2.13. The number of halogens is 1. The van der Waals surface area contributed by atoms with Crippen molar-refractivity contribution in [1.29, 1.82) is 0 Å². The second-order valence-electron chi connectivity index (χ2n) is 4.20. The Morgan fingerprint density at radius 2 is 1.82 bits per heavy atom. The van der Waals surface area contributed by atoms with E-state index in [1.54, 1.807) is 0 Å². The van der Waals surface area contributed by atoms with Crippen LogP contribution in [-0.4, -0.2) is 26.0 Å². The molecule has 0 spiro atoms. The number of hydrogen-bond donors (Lipinski definition) is 2. The van der Waals surface area contributed by atoms with Crippen molar-refractivity contribution in [3.05, 3.63) is 54.3 Å². The summed E-state index contributed by atoms with van der Waals surface area (Å²) < 4.78 is 0.390. The molecule has 0 bridgehead atoms. The number of hydrogen-bond acceptors (Lipinski definition) is 6. The summed E-state index contributed by atoms with van der Waals surface area (Å²) in [6, 6.07) is 2.12. The number of rotatable bonds is 4. The summed E-state index contributed by atoms with van der Waals surface area (Å²) in [4.78, 5) is 32.4. The number of carbonyl (C=O) groups is 1. The molecule has 1 amide bonds. The number of anilines is 1. The van der Waals surface area contributed by atoms with Crippen LogP contribution in [0.4, 0.5) is 17.1 Å². The molecule has 0 atom stereocenters. The van der Waals surface area contributed by atoms with E-state index in [4.69, 9.17) is 0 Å². The van der Waals surface area contributed by atoms with E-state index in [1.165, 1.54) is 13.1 Å². The van der Waals surface area contributed by atoms with Gasteiger partial charge in [-0.1, -0.05) is 0 Å². The Morgan fingerprint density at radius 3 is 2.23 bits per heavy atom. The molecule has 1 aromatic carbocycles. The number of nitrogens with one attached hydrogen (secondary N) is 2. The van der Waals surface area contributed by atoms with Crippen LogP contribution in [0.2, 0.25) is 0 Å². The Bertz CT molecular complexity index is 752. The summed E-state index contributed by atoms with van der Waals surface area (Å²) in [5, 5.41) is 30.4. The van der Waals surface area contributed by atoms with E-state index in [9.17, 15) is 25.0 Å². The molecule has 0 aliphatic rings. The molecular weight excluding hydrogens is 362 g/mol. The van der Waals surface area contributed by atoms with Gasteiger partial charge in [0.15, 0.2) is 0 Å². The molecule has 0 aliphatic carbocycles. The molecule has 1 heterocycles. The lowest BCUT2D eigenvalue weighted by molar-refractivity contribution is -0.395. The predicted molar refractivity (Wildman–Crippen MR) is 78.7 cm³/mol. The molecule has 2 aromatic rings. The predicted octanol–water partition coefficient (Wildman–Crippen LogP) is 2.55. The molecule has 2 rings (SSSR count). The molecule has 0 aliphatic heterocycles. The number of nitrogens with zero attached hydrogens (tertiary/aromatic N) is 3. The van der Waals surface area contributed by atoms with Gasteiger partial charge in [-0.25, -0.2) is 0 Å². The van der Waals surface area contributed by atoms with Crippen molar-refractivity contribution in [2.45, 2.75) is 6.92 Å². The Kier molecular flexibility index (Phi) is 4.17. The van der Waals surface area contributed by atoms with Gasteiger partial charge in [-0.15, -0.1) is 0 Å². The van der Waals surface area contributed by atoms with Crippen LogP contribution in [0.3, 0.4) is 0 Å². The molecule has 22 heavy (non-hydrogen) atoms. The number of amides is 1. The number of aromatic amines is 1. The van der Waals surface area contributed by atoms with Crippen LogP contribution in [-0.2, 0) is 0 Å². The van der Waals surface area contributed by atoms with Crippen molar-refractivity contribution >= 4 is 38.9 Å². The normalized spacial score (nSPS) is 10.3. The molecule has 10 nitrogen and oxygen atoms in total. The fourth-order valence-electron chi connectivity index (χ4n) is 1.76. The van der Waals surface area contributed by atoms with Gasteiger partial charge in [0.05, 0.1) is 26.2 Å². The second-order valence-corrected chi connectivity index (χ2v) is 5.06. The number of nitro groups is 2. The first-order chi connectivity index (χ1) is 10.3. The Morgan fingerprint density at radius 1 is 1.27 bits per heavy atom. The Labute approximate surface area is 131 Å². The summed E-state index contributed by atoms with van der Waals surface area (Å²) in [6.45, 7) is 1.27. The van der Waals surface area contributed by atoms with Crippen LogP contribution in [0.25, 0.3) is 0 Å². The van der Waals surface area contributed by atoms with Crippen LogP contribution in [0.5, 0.6) is 0 Å². The third-order valence-electron chi connectivity index (χ3n) is 2.82. The molecule has 0 radical (unpaired) electrons. The number of aromatic nitrogens is 2. The minimum Gasteiger partial charge on any atom is -0.320 e. The van der Waals surface area contributed by atoms with Crippen molar-refractivity contribution in [2.24, 2.45) is 0 Å². The van der Waals surface area contributed by atoms with Crippen molar-refractivity contribution in [2.75, 3.05) is 5.32 Å². The number of nitro benzene ring substituents is 2. The zero-order valence-corrected chi connectivity index (χ0v) is 12.6. The minimum atomic E-state index is -0.746. The SMILES string of the molecule is Cc1c([N+](=O)[O-])cc(NC(=O)c2[nH]ncc2Br)cc1[N+](=O)[O-]. The van der Waals surface area contributed by atoms with Gasteiger partial charge in [0.2, 0.25) is 0 Å². The van der Waals surface area contributed by atoms with Gasteiger partial charge in [0.1, 0.15) is 11.3 Å². The van der Waals surface area contributed by atoms with Crippen molar-refractivity contribution in [3.63, 3.8) is 0 Å². The maximum atomic E-state index is 12.0. The first-order valence-corrected chi connectivity index (χ1v) is 6.54. The highest BCUT2D eigenvalue weighted by Crippen LogP contribution is 2.32. The summed E-state index contributed by atoms with van der Waals surface area (Å²) in [5.41, 5.74) is -0.960. The summed E-state index contributed by atoms with van der Waals surface area (Å²) in [6.07, 6.45) is 1.36. The van der Waals surface area contributed by atoms with Crippen molar-refractivity contribution < 1.29 is 14.6 Å². The zero-order valence-electron chi connectivity index (χ0n) is 11.0. The number of benzene rings is 1. The summed E-state index contributed by atoms with van der Waals surface area (Å²) in [7, 11) is 0. The van der Waals surface area contributed by atoms with Crippen molar-refractivity contribution in [3.8, 4) is 0 Å². The van der Waals surface area contributed by atoms with Gasteiger partial charge in [-0.05, 0) is 22.9 Å². The van der Waals surface area contributed by atoms with Crippen LogP contribution in [0, 0.1) is 27.2 Å². The van der Waals surface area contributed by atoms with Gasteiger partial charge in [-0.2, -0.15) is 5.10 Å². The average molecular weight is 370 g/mol. The van der Waals surface area contributed by atoms with Crippen LogP contribution in [0.1, 0.15) is 16.1 Å². The van der Waals surface area contributed by atoms with Crippen LogP contribution < -0.4 is 5.32 Å². The lowest BCUT2D eigenvalue weighted by Gasteiger charge is -2.06. The molecule has 2 N–H and O–H groups in total. The Balaban J connectivity index is 2.43. The summed E-state index contributed by atoms with van der Waals surface area (Å²) in [5.74, 6) is -0.642. The molecule has 0 saturated carbocycles. The van der Waals surface area contributed by atoms with Crippen LogP contribution in [0.15, 0.2) is 22.8 Å². The van der Waals surface area contributed by atoms with E-state index < -0.39 is 27.1 Å².